The Morgan fingerprint density at radius 2 is 2.35 bits per heavy atom. The molecule has 2 aromatic rings. The lowest BCUT2D eigenvalue weighted by atomic mass is 10.1. The monoisotopic (exact) mass is 285 g/mol. The van der Waals surface area contributed by atoms with Gasteiger partial charge in [0.1, 0.15) is 11.5 Å². The number of hydrogen-bond acceptors (Lipinski definition) is 4. The van der Waals surface area contributed by atoms with Crippen LogP contribution in [0.1, 0.15) is 19.6 Å². The molecule has 3 heterocycles. The van der Waals surface area contributed by atoms with Crippen LogP contribution in [0, 0.1) is 5.82 Å². The lowest BCUT2D eigenvalue weighted by molar-refractivity contribution is -0.0237. The highest BCUT2D eigenvalue weighted by atomic mass is 19.1. The van der Waals surface area contributed by atoms with E-state index in [-0.39, 0.29) is 11.0 Å². The summed E-state index contributed by atoms with van der Waals surface area (Å²) in [5.74, 6) is -0.806. The van der Waals surface area contributed by atoms with Crippen LogP contribution >= 0.6 is 0 Å². The van der Waals surface area contributed by atoms with Crippen molar-refractivity contribution < 1.29 is 18.6 Å². The van der Waals surface area contributed by atoms with Crippen molar-refractivity contribution in [3.8, 4) is 0 Å². The van der Waals surface area contributed by atoms with E-state index in [2.05, 4.69) is 9.97 Å². The highest BCUT2D eigenvalue weighted by Gasteiger charge is 2.45. The summed E-state index contributed by atoms with van der Waals surface area (Å²) >= 11 is 0. The van der Waals surface area contributed by atoms with Gasteiger partial charge in [0.2, 0.25) is 0 Å². The van der Waals surface area contributed by atoms with E-state index in [0.717, 1.165) is 17.1 Å². The number of aromatic amines is 1. The van der Waals surface area contributed by atoms with Gasteiger partial charge in [0.25, 0.3) is 5.56 Å². The maximum absolute atomic E-state index is 14.1. The summed E-state index contributed by atoms with van der Waals surface area (Å²) in [6.07, 6.45) is -2.36. The van der Waals surface area contributed by atoms with E-state index in [1.54, 1.807) is 6.92 Å². The van der Waals surface area contributed by atoms with Crippen molar-refractivity contribution in [3.05, 3.63) is 28.7 Å². The molecule has 108 valence electrons. The van der Waals surface area contributed by atoms with Crippen LogP contribution < -0.4 is 5.56 Å². The number of H-pyrrole nitrogens is 1. The summed E-state index contributed by atoms with van der Waals surface area (Å²) in [6, 6.07) is 0. The Morgan fingerprint density at radius 1 is 1.60 bits per heavy atom. The number of nitrogens with zero attached hydrogens (tertiary/aromatic N) is 2. The van der Waals surface area contributed by atoms with Gasteiger partial charge < -0.3 is 14.8 Å². The van der Waals surface area contributed by atoms with Crippen molar-refractivity contribution in [1.82, 2.24) is 14.5 Å². The van der Waals surface area contributed by atoms with E-state index < -0.39 is 36.0 Å². The molecule has 4 atom stereocenters. The molecule has 0 bridgehead atoms. The largest absolute Gasteiger partial charge is 0.387 e. The van der Waals surface area contributed by atoms with Crippen molar-refractivity contribution in [2.24, 2.45) is 0 Å². The molecule has 0 spiro atoms. The number of aromatic nitrogens is 3. The molecule has 0 aliphatic carbocycles. The van der Waals surface area contributed by atoms with Crippen LogP contribution in [0.15, 0.2) is 17.3 Å². The highest BCUT2D eigenvalue weighted by Crippen LogP contribution is 2.35. The molecular weight excluding hydrogens is 272 g/mol. The second-order valence-electron chi connectivity index (χ2n) is 4.72. The van der Waals surface area contributed by atoms with Gasteiger partial charge in [-0.25, -0.2) is 13.8 Å². The predicted molar refractivity (Wildman–Crippen MR) is 65.4 cm³/mol. The van der Waals surface area contributed by atoms with E-state index >= 15 is 0 Å². The third-order valence-electron chi connectivity index (χ3n) is 3.54. The zero-order valence-corrected chi connectivity index (χ0v) is 10.6. The number of ether oxygens (including phenoxy) is 1. The Balaban J connectivity index is 2.12. The van der Waals surface area contributed by atoms with Crippen molar-refractivity contribution in [1.29, 1.82) is 0 Å². The number of hydrogen-bond donors (Lipinski definition) is 2. The average Bonchev–Trinajstić information content (AvgIpc) is 2.90. The van der Waals surface area contributed by atoms with Gasteiger partial charge >= 0.3 is 0 Å². The maximum atomic E-state index is 14.1. The summed E-state index contributed by atoms with van der Waals surface area (Å²) in [4.78, 5) is 17.7. The molecule has 0 amide bonds. The molecule has 6 nitrogen and oxygen atoms in total. The summed E-state index contributed by atoms with van der Waals surface area (Å²) in [5, 5.41) is 9.48. The number of aliphatic hydroxyl groups excluding tert-OH is 1. The van der Waals surface area contributed by atoms with Crippen LogP contribution in [0.5, 0.6) is 0 Å². The van der Waals surface area contributed by atoms with Gasteiger partial charge in [-0.1, -0.05) is 6.92 Å². The Labute approximate surface area is 112 Å². The summed E-state index contributed by atoms with van der Waals surface area (Å²) < 4.78 is 34.4. The van der Waals surface area contributed by atoms with Crippen molar-refractivity contribution in [3.63, 3.8) is 0 Å². The van der Waals surface area contributed by atoms with Gasteiger partial charge in [0.15, 0.2) is 23.9 Å². The van der Waals surface area contributed by atoms with Gasteiger partial charge in [-0.3, -0.25) is 9.36 Å². The van der Waals surface area contributed by atoms with Gasteiger partial charge in [-0.15, -0.1) is 0 Å². The van der Waals surface area contributed by atoms with E-state index in [1.165, 1.54) is 0 Å². The molecule has 0 aromatic carbocycles. The third kappa shape index (κ3) is 1.75. The SMILES string of the molecule is CC[C@H]1O[C@@H](n2cc(F)c3c(=O)[nH]cnc32)[C@@H](F)C1O. The second kappa shape index (κ2) is 4.64. The lowest BCUT2D eigenvalue weighted by Crippen LogP contribution is -2.27. The van der Waals surface area contributed by atoms with E-state index in [1.807, 2.05) is 0 Å². The van der Waals surface area contributed by atoms with E-state index in [9.17, 15) is 18.7 Å². The summed E-state index contributed by atoms with van der Waals surface area (Å²) in [7, 11) is 0. The first-order valence-corrected chi connectivity index (χ1v) is 6.26. The van der Waals surface area contributed by atoms with Crippen LogP contribution in [0.4, 0.5) is 8.78 Å². The molecule has 8 heteroatoms. The second-order valence-corrected chi connectivity index (χ2v) is 4.72. The standard InChI is InChI=1S/C12H13F2N3O3/c1-2-6-9(18)8(14)12(20-6)17-3-5(13)7-10(17)15-4-16-11(7)19/h3-4,6,8-9,12,18H,2H2,1H3,(H,15,16,19)/t6-,8+,9?,12-/m1/s1. The zero-order chi connectivity index (χ0) is 14.4. The zero-order valence-electron chi connectivity index (χ0n) is 10.6. The quantitative estimate of drug-likeness (QED) is 0.858. The molecule has 20 heavy (non-hydrogen) atoms. The Hall–Kier alpha value is -1.80. The van der Waals surface area contributed by atoms with E-state index in [0.29, 0.717) is 6.42 Å². The Bertz CT molecular complexity index is 699. The fourth-order valence-corrected chi connectivity index (χ4v) is 2.51. The minimum absolute atomic E-state index is 0.0112. The first kappa shape index (κ1) is 13.2. The van der Waals surface area contributed by atoms with Crippen LogP contribution in [-0.4, -0.2) is 38.0 Å². The Morgan fingerprint density at radius 3 is 3.00 bits per heavy atom. The van der Waals surface area contributed by atoms with Gasteiger partial charge in [-0.2, -0.15) is 0 Å². The molecule has 1 fully saturated rings. The molecule has 1 aliphatic rings. The van der Waals surface area contributed by atoms with Crippen LogP contribution in [0.3, 0.4) is 0 Å². The Kier molecular flexibility index (Phi) is 3.06. The van der Waals surface area contributed by atoms with Gasteiger partial charge in [0, 0.05) is 6.20 Å². The number of aliphatic hydroxyl groups is 1. The van der Waals surface area contributed by atoms with Crippen molar-refractivity contribution in [2.45, 2.75) is 38.0 Å². The topological polar surface area (TPSA) is 80.1 Å². The van der Waals surface area contributed by atoms with Crippen LogP contribution in [0.25, 0.3) is 11.0 Å². The minimum Gasteiger partial charge on any atom is -0.387 e. The highest BCUT2D eigenvalue weighted by molar-refractivity contribution is 5.75. The normalized spacial score (nSPS) is 30.2. The smallest absolute Gasteiger partial charge is 0.263 e. The molecule has 1 unspecified atom stereocenters. The molecular formula is C12H13F2N3O3. The third-order valence-corrected chi connectivity index (χ3v) is 3.54. The predicted octanol–water partition coefficient (Wildman–Crippen LogP) is 0.870. The number of nitrogens with one attached hydrogen (secondary N) is 1. The van der Waals surface area contributed by atoms with Gasteiger partial charge in [0.05, 0.1) is 12.4 Å². The summed E-state index contributed by atoms with van der Waals surface area (Å²) in [6.45, 7) is 1.75. The maximum Gasteiger partial charge on any atom is 0.263 e. The van der Waals surface area contributed by atoms with Crippen LogP contribution in [0.2, 0.25) is 0 Å². The fraction of sp³-hybridized carbons (Fsp3) is 0.500. The molecule has 1 aliphatic heterocycles. The molecule has 2 aromatic heterocycles. The molecule has 3 rings (SSSR count). The van der Waals surface area contributed by atoms with Crippen molar-refractivity contribution in [2.75, 3.05) is 0 Å². The molecule has 0 saturated carbocycles. The first-order chi connectivity index (χ1) is 9.54. The molecule has 2 N–H and O–H groups in total. The number of rotatable bonds is 2. The molecule has 0 radical (unpaired) electrons. The average molecular weight is 285 g/mol. The minimum atomic E-state index is -1.71. The van der Waals surface area contributed by atoms with E-state index in [4.69, 9.17) is 4.74 Å². The summed E-state index contributed by atoms with van der Waals surface area (Å²) in [5.41, 5.74) is -0.657. The van der Waals surface area contributed by atoms with Crippen molar-refractivity contribution >= 4 is 11.0 Å². The van der Waals surface area contributed by atoms with Crippen LogP contribution in [-0.2, 0) is 4.74 Å². The first-order valence-electron chi connectivity index (χ1n) is 6.26. The fourth-order valence-electron chi connectivity index (χ4n) is 2.51. The number of halogens is 2. The van der Waals surface area contributed by atoms with Gasteiger partial charge in [-0.05, 0) is 6.42 Å². The molecule has 1 saturated heterocycles. The number of alkyl halides is 1. The lowest BCUT2D eigenvalue weighted by Gasteiger charge is -2.15. The number of fused-ring (bicyclic) bond motifs is 1.